The molecular formula is C15H18F3N5O3S. The minimum absolute atomic E-state index is 0.00862. The van der Waals surface area contributed by atoms with Crippen LogP contribution in [0.5, 0.6) is 0 Å². The topological polar surface area (TPSA) is 99.8 Å². The summed E-state index contributed by atoms with van der Waals surface area (Å²) < 4.78 is 66.2. The van der Waals surface area contributed by atoms with Crippen LogP contribution in [0.1, 0.15) is 24.5 Å². The maximum absolute atomic E-state index is 14.0. The monoisotopic (exact) mass is 405 g/mol. The highest BCUT2D eigenvalue weighted by Crippen LogP contribution is 2.55. The van der Waals surface area contributed by atoms with Crippen molar-refractivity contribution >= 4 is 21.5 Å². The third kappa shape index (κ3) is 3.36. The first-order chi connectivity index (χ1) is 12.6. The highest BCUT2D eigenvalue weighted by Gasteiger charge is 2.59. The minimum atomic E-state index is -3.40. The summed E-state index contributed by atoms with van der Waals surface area (Å²) in [6.07, 6.45) is 1.21. The van der Waals surface area contributed by atoms with Gasteiger partial charge in [-0.25, -0.2) is 31.1 Å². The SMILES string of the molecule is CS(=O)(=O)N1CC[C@@H](Nc2ncc3c(F)cc(C4CC4(F)F)n3n2)[C@H](O)C1. The summed E-state index contributed by atoms with van der Waals surface area (Å²) >= 11 is 0. The van der Waals surface area contributed by atoms with E-state index in [1.54, 1.807) is 0 Å². The van der Waals surface area contributed by atoms with Gasteiger partial charge in [-0.15, -0.1) is 5.10 Å². The molecule has 0 bridgehead atoms. The summed E-state index contributed by atoms with van der Waals surface area (Å²) in [6, 6.07) is 0.519. The number of β-amino-alcohol motifs (C(OH)–C–C–N with tert-alkyl or cyclic N) is 1. The molecule has 2 fully saturated rings. The summed E-state index contributed by atoms with van der Waals surface area (Å²) in [4.78, 5) is 3.98. The smallest absolute Gasteiger partial charge is 0.257 e. The lowest BCUT2D eigenvalue weighted by atomic mass is 10.0. The summed E-state index contributed by atoms with van der Waals surface area (Å²) in [5.74, 6) is -4.59. The molecule has 2 aliphatic rings. The van der Waals surface area contributed by atoms with Crippen LogP contribution in [0.4, 0.5) is 19.1 Å². The Morgan fingerprint density at radius 2 is 2.11 bits per heavy atom. The van der Waals surface area contributed by atoms with Crippen molar-refractivity contribution in [2.75, 3.05) is 24.7 Å². The molecule has 0 amide bonds. The maximum Gasteiger partial charge on any atom is 0.257 e. The van der Waals surface area contributed by atoms with Crippen LogP contribution in [0.3, 0.4) is 0 Å². The quantitative estimate of drug-likeness (QED) is 0.781. The van der Waals surface area contributed by atoms with E-state index >= 15 is 0 Å². The average molecular weight is 405 g/mol. The second kappa shape index (κ2) is 6.04. The Labute approximate surface area is 153 Å². The van der Waals surface area contributed by atoms with Crippen molar-refractivity contribution in [3.8, 4) is 0 Å². The van der Waals surface area contributed by atoms with E-state index < -0.39 is 39.8 Å². The number of nitrogens with one attached hydrogen (secondary N) is 1. The summed E-state index contributed by atoms with van der Waals surface area (Å²) in [5.41, 5.74) is 0.0658. The molecule has 4 rings (SSSR count). The van der Waals surface area contributed by atoms with E-state index in [4.69, 9.17) is 0 Å². The van der Waals surface area contributed by atoms with Crippen molar-refractivity contribution in [2.45, 2.75) is 36.8 Å². The van der Waals surface area contributed by atoms with Crippen LogP contribution in [0, 0.1) is 5.82 Å². The zero-order valence-electron chi connectivity index (χ0n) is 14.3. The summed E-state index contributed by atoms with van der Waals surface area (Å²) in [6.45, 7) is 0.143. The molecule has 0 radical (unpaired) electrons. The normalized spacial score (nSPS) is 28.4. The van der Waals surface area contributed by atoms with Crippen molar-refractivity contribution in [1.82, 2.24) is 18.9 Å². The van der Waals surface area contributed by atoms with E-state index in [2.05, 4.69) is 15.4 Å². The Kier molecular flexibility index (Phi) is 4.13. The third-order valence-electron chi connectivity index (χ3n) is 5.01. The number of fused-ring (bicyclic) bond motifs is 1. The van der Waals surface area contributed by atoms with E-state index in [1.807, 2.05) is 0 Å². The molecule has 2 aromatic rings. The van der Waals surface area contributed by atoms with Crippen LogP contribution in [-0.4, -0.2) is 69.8 Å². The number of alkyl halides is 2. The number of aliphatic hydroxyl groups is 1. The van der Waals surface area contributed by atoms with E-state index in [0.29, 0.717) is 6.42 Å². The number of rotatable bonds is 4. The fraction of sp³-hybridized carbons (Fsp3) is 0.600. The van der Waals surface area contributed by atoms with E-state index in [9.17, 15) is 26.7 Å². The van der Waals surface area contributed by atoms with Crippen molar-refractivity contribution < 1.29 is 26.7 Å². The molecule has 1 unspecified atom stereocenters. The number of hydrogen-bond acceptors (Lipinski definition) is 6. The molecule has 12 heteroatoms. The molecule has 148 valence electrons. The molecule has 8 nitrogen and oxygen atoms in total. The number of nitrogens with zero attached hydrogens (tertiary/aromatic N) is 4. The predicted octanol–water partition coefficient (Wildman–Crippen LogP) is 0.798. The Morgan fingerprint density at radius 3 is 2.70 bits per heavy atom. The summed E-state index contributed by atoms with van der Waals surface area (Å²) in [5, 5.41) is 17.2. The van der Waals surface area contributed by atoms with Crippen LogP contribution < -0.4 is 5.32 Å². The van der Waals surface area contributed by atoms with Gasteiger partial charge in [0.2, 0.25) is 16.0 Å². The zero-order chi connectivity index (χ0) is 19.6. The molecule has 2 aromatic heterocycles. The van der Waals surface area contributed by atoms with Gasteiger partial charge in [-0.05, 0) is 12.5 Å². The summed E-state index contributed by atoms with van der Waals surface area (Å²) in [7, 11) is -3.40. The van der Waals surface area contributed by atoms with Crippen LogP contribution in [0.25, 0.3) is 5.52 Å². The zero-order valence-corrected chi connectivity index (χ0v) is 15.1. The average Bonchev–Trinajstić information content (AvgIpc) is 3.08. The van der Waals surface area contributed by atoms with Gasteiger partial charge in [0.05, 0.1) is 36.2 Å². The molecule has 1 saturated heterocycles. The number of aromatic nitrogens is 3. The van der Waals surface area contributed by atoms with Crippen LogP contribution in [-0.2, 0) is 10.0 Å². The number of hydrogen-bond donors (Lipinski definition) is 2. The van der Waals surface area contributed by atoms with E-state index in [0.717, 1.165) is 16.8 Å². The molecular weight excluding hydrogens is 387 g/mol. The lowest BCUT2D eigenvalue weighted by Crippen LogP contribution is -2.51. The fourth-order valence-corrected chi connectivity index (χ4v) is 4.22. The first-order valence-corrected chi connectivity index (χ1v) is 10.2. The van der Waals surface area contributed by atoms with Gasteiger partial charge in [0, 0.05) is 19.5 Å². The number of aliphatic hydroxyl groups excluding tert-OH is 1. The Hall–Kier alpha value is -1.92. The molecule has 3 heterocycles. The van der Waals surface area contributed by atoms with Gasteiger partial charge in [0.25, 0.3) is 5.92 Å². The highest BCUT2D eigenvalue weighted by atomic mass is 32.2. The maximum atomic E-state index is 14.0. The fourth-order valence-electron chi connectivity index (χ4n) is 3.36. The van der Waals surface area contributed by atoms with Crippen molar-refractivity contribution in [3.05, 3.63) is 23.8 Å². The largest absolute Gasteiger partial charge is 0.390 e. The van der Waals surface area contributed by atoms with Crippen molar-refractivity contribution in [1.29, 1.82) is 0 Å². The first-order valence-electron chi connectivity index (χ1n) is 8.38. The molecule has 0 spiro atoms. The van der Waals surface area contributed by atoms with Gasteiger partial charge in [-0.2, -0.15) is 4.31 Å². The van der Waals surface area contributed by atoms with E-state index in [1.165, 1.54) is 10.5 Å². The lowest BCUT2D eigenvalue weighted by molar-refractivity contribution is 0.0950. The molecule has 2 N–H and O–H groups in total. The van der Waals surface area contributed by atoms with Gasteiger partial charge >= 0.3 is 0 Å². The molecule has 27 heavy (non-hydrogen) atoms. The van der Waals surface area contributed by atoms with Gasteiger partial charge in [0.1, 0.15) is 5.52 Å². The van der Waals surface area contributed by atoms with Crippen molar-refractivity contribution in [2.24, 2.45) is 0 Å². The first kappa shape index (κ1) is 18.4. The molecule has 1 saturated carbocycles. The van der Waals surface area contributed by atoms with Crippen molar-refractivity contribution in [3.63, 3.8) is 0 Å². The minimum Gasteiger partial charge on any atom is -0.390 e. The standard InChI is InChI=1S/C15H18F3N5O3S/c1-27(25,26)22-3-2-10(13(24)7-22)20-14-19-6-12-9(16)4-11(23(12)21-14)8-5-15(8,17)18/h4,6,8,10,13,24H,2-3,5,7H2,1H3,(H,20,21)/t8?,10-,13-/m1/s1. The van der Waals surface area contributed by atoms with Gasteiger partial charge in [-0.1, -0.05) is 0 Å². The van der Waals surface area contributed by atoms with Gasteiger partial charge < -0.3 is 10.4 Å². The highest BCUT2D eigenvalue weighted by molar-refractivity contribution is 7.88. The molecule has 1 aliphatic heterocycles. The third-order valence-corrected chi connectivity index (χ3v) is 6.28. The molecule has 3 atom stereocenters. The molecule has 1 aliphatic carbocycles. The second-order valence-electron chi connectivity index (χ2n) is 7.04. The number of anilines is 1. The van der Waals surface area contributed by atoms with Crippen LogP contribution >= 0.6 is 0 Å². The Morgan fingerprint density at radius 1 is 1.41 bits per heavy atom. The second-order valence-corrected chi connectivity index (χ2v) is 9.02. The van der Waals surface area contributed by atoms with Crippen LogP contribution in [0.2, 0.25) is 0 Å². The Balaban J connectivity index is 1.56. The number of sulfonamides is 1. The number of piperidine rings is 1. The predicted molar refractivity (Wildman–Crippen MR) is 89.7 cm³/mol. The molecule has 0 aromatic carbocycles. The number of halogens is 3. The van der Waals surface area contributed by atoms with E-state index in [-0.39, 0.29) is 36.7 Å². The lowest BCUT2D eigenvalue weighted by Gasteiger charge is -2.34. The van der Waals surface area contributed by atoms with Gasteiger partial charge in [-0.3, -0.25) is 0 Å². The van der Waals surface area contributed by atoms with Crippen LogP contribution in [0.15, 0.2) is 12.3 Å². The van der Waals surface area contributed by atoms with Gasteiger partial charge in [0.15, 0.2) is 5.82 Å². The Bertz CT molecular complexity index is 996.